The second-order valence-electron chi connectivity index (χ2n) is 6.99. The smallest absolute Gasteiger partial charge is 0.338 e. The van der Waals surface area contributed by atoms with Gasteiger partial charge in [0.25, 0.3) is 5.91 Å². The SMILES string of the molecule is CC[C@H](C)N(C(=O)COC(=O)c1ccc(S(C)(=O)=O)cc1)[C@H]1CCS(=O)(=O)C1. The van der Waals surface area contributed by atoms with Crippen LogP contribution in [0.4, 0.5) is 0 Å². The highest BCUT2D eigenvalue weighted by molar-refractivity contribution is 7.91. The van der Waals surface area contributed by atoms with Gasteiger partial charge >= 0.3 is 5.97 Å². The zero-order valence-corrected chi connectivity index (χ0v) is 17.8. The molecule has 1 saturated heterocycles. The van der Waals surface area contributed by atoms with E-state index in [4.69, 9.17) is 4.74 Å². The first kappa shape index (κ1) is 22.4. The van der Waals surface area contributed by atoms with Crippen molar-refractivity contribution >= 4 is 31.6 Å². The number of esters is 1. The van der Waals surface area contributed by atoms with Crippen molar-refractivity contribution in [1.29, 1.82) is 0 Å². The van der Waals surface area contributed by atoms with Crippen molar-refractivity contribution in [2.75, 3.05) is 24.4 Å². The molecule has 156 valence electrons. The average molecular weight is 432 g/mol. The van der Waals surface area contributed by atoms with E-state index in [9.17, 15) is 26.4 Å². The minimum Gasteiger partial charge on any atom is -0.452 e. The zero-order valence-electron chi connectivity index (χ0n) is 16.1. The summed E-state index contributed by atoms with van der Waals surface area (Å²) in [6.45, 7) is 3.21. The molecular weight excluding hydrogens is 406 g/mol. The van der Waals surface area contributed by atoms with E-state index in [1.165, 1.54) is 29.2 Å². The molecule has 1 aromatic rings. The highest BCUT2D eigenvalue weighted by Gasteiger charge is 2.36. The highest BCUT2D eigenvalue weighted by atomic mass is 32.2. The summed E-state index contributed by atoms with van der Waals surface area (Å²) in [6, 6.07) is 4.63. The molecule has 2 rings (SSSR count). The summed E-state index contributed by atoms with van der Waals surface area (Å²) in [5.41, 5.74) is 0.124. The van der Waals surface area contributed by atoms with Gasteiger partial charge in [-0.3, -0.25) is 4.79 Å². The van der Waals surface area contributed by atoms with Crippen LogP contribution in [0.15, 0.2) is 29.2 Å². The van der Waals surface area contributed by atoms with E-state index in [-0.39, 0.29) is 28.0 Å². The van der Waals surface area contributed by atoms with Gasteiger partial charge in [-0.1, -0.05) is 6.92 Å². The first-order chi connectivity index (χ1) is 12.9. The Kier molecular flexibility index (Phi) is 6.87. The summed E-state index contributed by atoms with van der Waals surface area (Å²) in [4.78, 5) is 26.4. The Balaban J connectivity index is 2.04. The molecule has 0 N–H and O–H groups in total. The number of amides is 1. The third-order valence-electron chi connectivity index (χ3n) is 4.80. The van der Waals surface area contributed by atoms with E-state index in [1.54, 1.807) is 0 Å². The number of ether oxygens (including phenoxy) is 1. The predicted molar refractivity (Wildman–Crippen MR) is 103 cm³/mol. The van der Waals surface area contributed by atoms with Gasteiger partial charge in [-0.15, -0.1) is 0 Å². The molecule has 0 unspecified atom stereocenters. The van der Waals surface area contributed by atoms with Crippen molar-refractivity contribution in [3.05, 3.63) is 29.8 Å². The second-order valence-corrected chi connectivity index (χ2v) is 11.2. The number of hydrogen-bond acceptors (Lipinski definition) is 7. The summed E-state index contributed by atoms with van der Waals surface area (Å²) < 4.78 is 51.5. The Bertz CT molecular complexity index is 937. The van der Waals surface area contributed by atoms with Crippen molar-refractivity contribution in [1.82, 2.24) is 4.90 Å². The van der Waals surface area contributed by atoms with Gasteiger partial charge in [-0.05, 0) is 44.0 Å². The van der Waals surface area contributed by atoms with E-state index in [1.807, 2.05) is 13.8 Å². The quantitative estimate of drug-likeness (QED) is 0.593. The number of hydrogen-bond donors (Lipinski definition) is 0. The number of benzene rings is 1. The fourth-order valence-corrected chi connectivity index (χ4v) is 5.47. The molecule has 8 nitrogen and oxygen atoms in total. The lowest BCUT2D eigenvalue weighted by Crippen LogP contribution is -2.48. The minimum atomic E-state index is -3.38. The molecule has 28 heavy (non-hydrogen) atoms. The third kappa shape index (κ3) is 5.54. The van der Waals surface area contributed by atoms with E-state index in [2.05, 4.69) is 0 Å². The van der Waals surface area contributed by atoms with Crippen LogP contribution in [-0.4, -0.2) is 70.1 Å². The van der Waals surface area contributed by atoms with Gasteiger partial charge in [0.2, 0.25) is 0 Å². The molecule has 0 aliphatic carbocycles. The highest BCUT2D eigenvalue weighted by Crippen LogP contribution is 2.21. The van der Waals surface area contributed by atoms with Gasteiger partial charge in [0.15, 0.2) is 26.3 Å². The van der Waals surface area contributed by atoms with Crippen LogP contribution in [0.3, 0.4) is 0 Å². The monoisotopic (exact) mass is 431 g/mol. The maximum Gasteiger partial charge on any atom is 0.338 e. The van der Waals surface area contributed by atoms with Crippen molar-refractivity contribution < 1.29 is 31.2 Å². The van der Waals surface area contributed by atoms with Crippen LogP contribution >= 0.6 is 0 Å². The molecule has 1 amide bonds. The minimum absolute atomic E-state index is 0.0460. The topological polar surface area (TPSA) is 115 Å². The Morgan fingerprint density at radius 1 is 1.25 bits per heavy atom. The number of carbonyl (C=O) groups is 2. The van der Waals surface area contributed by atoms with E-state index in [0.29, 0.717) is 12.8 Å². The lowest BCUT2D eigenvalue weighted by molar-refractivity contribution is -0.138. The van der Waals surface area contributed by atoms with Crippen molar-refractivity contribution in [2.45, 2.75) is 43.7 Å². The summed E-state index contributed by atoms with van der Waals surface area (Å²) in [5, 5.41) is 0. The largest absolute Gasteiger partial charge is 0.452 e. The van der Waals surface area contributed by atoms with Crippen LogP contribution in [0.1, 0.15) is 37.0 Å². The fraction of sp³-hybridized carbons (Fsp3) is 0.556. The van der Waals surface area contributed by atoms with Crippen LogP contribution in [-0.2, 0) is 29.2 Å². The summed E-state index contributed by atoms with van der Waals surface area (Å²) in [7, 11) is -6.53. The van der Waals surface area contributed by atoms with Crippen molar-refractivity contribution in [2.24, 2.45) is 0 Å². The normalized spacial score (nSPS) is 19.8. The van der Waals surface area contributed by atoms with Gasteiger partial charge < -0.3 is 9.64 Å². The molecule has 0 radical (unpaired) electrons. The zero-order chi connectivity index (χ0) is 21.1. The molecule has 0 spiro atoms. The maximum atomic E-state index is 12.6. The maximum absolute atomic E-state index is 12.6. The van der Waals surface area contributed by atoms with Crippen LogP contribution < -0.4 is 0 Å². The number of carbonyl (C=O) groups excluding carboxylic acids is 2. The summed E-state index contributed by atoms with van der Waals surface area (Å²) in [5.74, 6) is -1.23. The van der Waals surface area contributed by atoms with E-state index in [0.717, 1.165) is 6.26 Å². The molecule has 10 heteroatoms. The van der Waals surface area contributed by atoms with E-state index < -0.39 is 44.2 Å². The molecule has 0 bridgehead atoms. The van der Waals surface area contributed by atoms with Gasteiger partial charge in [0, 0.05) is 18.3 Å². The summed E-state index contributed by atoms with van der Waals surface area (Å²) in [6.07, 6.45) is 2.08. The molecule has 2 atom stereocenters. The predicted octanol–water partition coefficient (Wildman–Crippen LogP) is 1.06. The number of rotatable bonds is 7. The van der Waals surface area contributed by atoms with Gasteiger partial charge in [-0.25, -0.2) is 21.6 Å². The second kappa shape index (κ2) is 8.60. The molecule has 0 aromatic heterocycles. The Morgan fingerprint density at radius 2 is 1.86 bits per heavy atom. The van der Waals surface area contributed by atoms with Gasteiger partial charge in [-0.2, -0.15) is 0 Å². The van der Waals surface area contributed by atoms with Crippen LogP contribution in [0, 0.1) is 0 Å². The van der Waals surface area contributed by atoms with Crippen LogP contribution in [0.2, 0.25) is 0 Å². The fourth-order valence-electron chi connectivity index (χ4n) is 3.12. The van der Waals surface area contributed by atoms with Gasteiger partial charge in [0.05, 0.1) is 22.0 Å². The Labute approximate surface area is 165 Å². The van der Waals surface area contributed by atoms with Gasteiger partial charge in [0.1, 0.15) is 0 Å². The average Bonchev–Trinajstić information content (AvgIpc) is 2.98. The van der Waals surface area contributed by atoms with Crippen LogP contribution in [0.5, 0.6) is 0 Å². The Morgan fingerprint density at radius 3 is 2.32 bits per heavy atom. The molecule has 1 aliphatic rings. The number of nitrogens with zero attached hydrogens (tertiary/aromatic N) is 1. The molecule has 1 heterocycles. The summed E-state index contributed by atoms with van der Waals surface area (Å²) >= 11 is 0. The van der Waals surface area contributed by atoms with Crippen LogP contribution in [0.25, 0.3) is 0 Å². The molecule has 1 aliphatic heterocycles. The number of sulfone groups is 2. The molecular formula is C18H25NO7S2. The van der Waals surface area contributed by atoms with Crippen molar-refractivity contribution in [3.8, 4) is 0 Å². The molecule has 1 aromatic carbocycles. The molecule has 1 fully saturated rings. The van der Waals surface area contributed by atoms with Crippen molar-refractivity contribution in [3.63, 3.8) is 0 Å². The molecule has 0 saturated carbocycles. The lowest BCUT2D eigenvalue weighted by Gasteiger charge is -2.33. The third-order valence-corrected chi connectivity index (χ3v) is 7.68. The Hall–Kier alpha value is -1.94. The lowest BCUT2D eigenvalue weighted by atomic mass is 10.1. The first-order valence-electron chi connectivity index (χ1n) is 8.93. The first-order valence-corrected chi connectivity index (χ1v) is 12.6. The standard InChI is InChI=1S/C18H25NO7S2/c1-4-13(2)19(15-9-10-28(24,25)12-15)17(20)11-26-18(21)14-5-7-16(8-6-14)27(3,22)23/h5-8,13,15H,4,9-12H2,1-3H3/t13-,15-/m0/s1. The van der Waals surface area contributed by atoms with E-state index >= 15 is 0 Å².